The van der Waals surface area contributed by atoms with Crippen LogP contribution >= 0.6 is 0 Å². The van der Waals surface area contributed by atoms with Gasteiger partial charge in [-0.05, 0) is 42.7 Å². The van der Waals surface area contributed by atoms with E-state index in [0.29, 0.717) is 18.1 Å². The maximum atomic E-state index is 12.9. The molecule has 1 aromatic heterocycles. The van der Waals surface area contributed by atoms with Crippen LogP contribution in [-0.4, -0.2) is 49.0 Å². The summed E-state index contributed by atoms with van der Waals surface area (Å²) in [5.41, 5.74) is 3.11. The molecule has 4 rings (SSSR count). The summed E-state index contributed by atoms with van der Waals surface area (Å²) < 4.78 is 10.6. The smallest absolute Gasteiger partial charge is 0.337 e. The van der Waals surface area contributed by atoms with Gasteiger partial charge in [-0.1, -0.05) is 24.3 Å². The predicted octanol–water partition coefficient (Wildman–Crippen LogP) is 3.49. The predicted molar refractivity (Wildman–Crippen MR) is 113 cm³/mol. The molecule has 2 heterocycles. The van der Waals surface area contributed by atoms with Gasteiger partial charge in [0.15, 0.2) is 5.58 Å². The number of carbonyl (C=O) groups excluding carboxylic acids is 2. The minimum absolute atomic E-state index is 0.00929. The average Bonchev–Trinajstić information content (AvgIpc) is 3.23. The SMILES string of the molecule is COC(=O)c1ccc(CN(C)C(=O)C2CCN(c3nc4ccccc4o3)CC2)cc1. The molecule has 1 aliphatic rings. The Bertz CT molecular complexity index is 1000. The molecule has 0 radical (unpaired) electrons. The fraction of sp³-hybridized carbons (Fsp3) is 0.348. The molecule has 1 amide bonds. The number of oxazole rings is 1. The van der Waals surface area contributed by atoms with E-state index in [1.54, 1.807) is 17.0 Å². The molecule has 30 heavy (non-hydrogen) atoms. The fourth-order valence-corrected chi connectivity index (χ4v) is 3.84. The molecule has 0 unspecified atom stereocenters. The summed E-state index contributed by atoms with van der Waals surface area (Å²) in [5, 5.41) is 0. The summed E-state index contributed by atoms with van der Waals surface area (Å²) in [6, 6.07) is 15.5. The van der Waals surface area contributed by atoms with Gasteiger partial charge < -0.3 is 19.0 Å². The maximum absolute atomic E-state index is 12.9. The van der Waals surface area contributed by atoms with Crippen LogP contribution in [0.3, 0.4) is 0 Å². The first-order chi connectivity index (χ1) is 14.5. The summed E-state index contributed by atoms with van der Waals surface area (Å²) in [7, 11) is 3.18. The lowest BCUT2D eigenvalue weighted by molar-refractivity contribution is -0.135. The lowest BCUT2D eigenvalue weighted by Gasteiger charge is -2.32. The number of benzene rings is 2. The molecule has 0 bridgehead atoms. The molecule has 7 nitrogen and oxygen atoms in total. The molecule has 1 aliphatic heterocycles. The average molecular weight is 407 g/mol. The van der Waals surface area contributed by atoms with Crippen LogP contribution in [0.1, 0.15) is 28.8 Å². The first-order valence-electron chi connectivity index (χ1n) is 10.1. The Labute approximate surface area is 175 Å². The quantitative estimate of drug-likeness (QED) is 0.603. The standard InChI is InChI=1S/C23H25N3O4/c1-25(15-16-7-9-18(10-8-16)22(28)29-2)21(27)17-11-13-26(14-12-17)23-24-19-5-3-4-6-20(19)30-23/h3-10,17H,11-15H2,1-2H3. The van der Waals surface area contributed by atoms with E-state index in [1.165, 1.54) is 7.11 Å². The van der Waals surface area contributed by atoms with Crippen molar-refractivity contribution in [2.45, 2.75) is 19.4 Å². The molecule has 1 saturated heterocycles. The van der Waals surface area contributed by atoms with Crippen molar-refractivity contribution in [1.82, 2.24) is 9.88 Å². The summed E-state index contributed by atoms with van der Waals surface area (Å²) >= 11 is 0. The van der Waals surface area contributed by atoms with E-state index in [4.69, 9.17) is 9.15 Å². The lowest BCUT2D eigenvalue weighted by Crippen LogP contribution is -2.41. The highest BCUT2D eigenvalue weighted by molar-refractivity contribution is 5.89. The molecule has 0 N–H and O–H groups in total. The van der Waals surface area contributed by atoms with E-state index in [2.05, 4.69) is 9.88 Å². The zero-order valence-electron chi connectivity index (χ0n) is 17.2. The highest BCUT2D eigenvalue weighted by Gasteiger charge is 2.29. The van der Waals surface area contributed by atoms with Gasteiger partial charge in [0.2, 0.25) is 5.91 Å². The number of aromatic nitrogens is 1. The van der Waals surface area contributed by atoms with Crippen LogP contribution in [0.4, 0.5) is 6.01 Å². The van der Waals surface area contributed by atoms with Gasteiger partial charge in [0.05, 0.1) is 12.7 Å². The highest BCUT2D eigenvalue weighted by atomic mass is 16.5. The molecule has 0 spiro atoms. The number of esters is 1. The van der Waals surface area contributed by atoms with Crippen LogP contribution in [0, 0.1) is 5.92 Å². The van der Waals surface area contributed by atoms with Crippen molar-refractivity contribution in [2.75, 3.05) is 32.1 Å². The van der Waals surface area contributed by atoms with E-state index in [9.17, 15) is 9.59 Å². The van der Waals surface area contributed by atoms with Crippen molar-refractivity contribution in [3.8, 4) is 0 Å². The van der Waals surface area contributed by atoms with Crippen molar-refractivity contribution >= 4 is 29.0 Å². The second kappa shape index (κ2) is 8.57. The van der Waals surface area contributed by atoms with Crippen LogP contribution in [0.15, 0.2) is 52.9 Å². The molecule has 7 heteroatoms. The Morgan fingerprint density at radius 3 is 2.50 bits per heavy atom. The van der Waals surface area contributed by atoms with Gasteiger partial charge >= 0.3 is 5.97 Å². The zero-order chi connectivity index (χ0) is 21.1. The van der Waals surface area contributed by atoms with Gasteiger partial charge in [-0.25, -0.2) is 4.79 Å². The highest BCUT2D eigenvalue weighted by Crippen LogP contribution is 2.27. The fourth-order valence-electron chi connectivity index (χ4n) is 3.84. The van der Waals surface area contributed by atoms with Crippen molar-refractivity contribution in [1.29, 1.82) is 0 Å². The Kier molecular flexibility index (Phi) is 5.70. The van der Waals surface area contributed by atoms with Crippen LogP contribution in [0.25, 0.3) is 11.1 Å². The van der Waals surface area contributed by atoms with Gasteiger partial charge in [-0.2, -0.15) is 4.98 Å². The molecular formula is C23H25N3O4. The first kappa shape index (κ1) is 19.9. The van der Waals surface area contributed by atoms with E-state index in [-0.39, 0.29) is 17.8 Å². The number of hydrogen-bond acceptors (Lipinski definition) is 6. The van der Waals surface area contributed by atoms with E-state index in [0.717, 1.165) is 42.6 Å². The summed E-state index contributed by atoms with van der Waals surface area (Å²) in [6.45, 7) is 1.99. The molecule has 0 aliphatic carbocycles. The molecule has 1 fully saturated rings. The number of hydrogen-bond donors (Lipinski definition) is 0. The monoisotopic (exact) mass is 407 g/mol. The molecule has 156 valence electrons. The summed E-state index contributed by atoms with van der Waals surface area (Å²) in [6.07, 6.45) is 1.53. The Hall–Kier alpha value is -3.35. The number of piperidine rings is 1. The molecule has 3 aromatic rings. The Morgan fingerprint density at radius 1 is 1.13 bits per heavy atom. The number of rotatable bonds is 5. The normalized spacial score (nSPS) is 14.7. The molecule has 0 saturated carbocycles. The number of amides is 1. The van der Waals surface area contributed by atoms with Crippen molar-refractivity contribution in [2.24, 2.45) is 5.92 Å². The lowest BCUT2D eigenvalue weighted by atomic mass is 9.95. The number of carbonyl (C=O) groups is 2. The largest absolute Gasteiger partial charge is 0.465 e. The van der Waals surface area contributed by atoms with Gasteiger partial charge in [-0.3, -0.25) is 4.79 Å². The Balaban J connectivity index is 1.32. The third-order valence-electron chi connectivity index (χ3n) is 5.57. The van der Waals surface area contributed by atoms with E-state index in [1.807, 2.05) is 43.4 Å². The van der Waals surface area contributed by atoms with E-state index >= 15 is 0 Å². The zero-order valence-corrected chi connectivity index (χ0v) is 17.2. The third-order valence-corrected chi connectivity index (χ3v) is 5.57. The van der Waals surface area contributed by atoms with Crippen LogP contribution in [-0.2, 0) is 16.1 Å². The second-order valence-corrected chi connectivity index (χ2v) is 7.61. The van der Waals surface area contributed by atoms with Crippen LogP contribution < -0.4 is 4.90 Å². The third kappa shape index (κ3) is 4.15. The number of methoxy groups -OCH3 is 1. The van der Waals surface area contributed by atoms with Gasteiger partial charge in [0, 0.05) is 32.6 Å². The van der Waals surface area contributed by atoms with Gasteiger partial charge in [-0.15, -0.1) is 0 Å². The van der Waals surface area contributed by atoms with Gasteiger partial charge in [0.1, 0.15) is 5.52 Å². The van der Waals surface area contributed by atoms with Crippen molar-refractivity contribution in [3.05, 3.63) is 59.7 Å². The topological polar surface area (TPSA) is 75.9 Å². The Morgan fingerprint density at radius 2 is 1.83 bits per heavy atom. The number of fused-ring (bicyclic) bond motifs is 1. The minimum atomic E-state index is -0.364. The summed E-state index contributed by atoms with van der Waals surface area (Å²) in [4.78, 5) is 32.9. The van der Waals surface area contributed by atoms with Crippen molar-refractivity contribution < 1.29 is 18.7 Å². The summed E-state index contributed by atoms with van der Waals surface area (Å²) in [5.74, 6) is -0.231. The number of anilines is 1. The number of ether oxygens (including phenoxy) is 1. The van der Waals surface area contributed by atoms with Crippen LogP contribution in [0.2, 0.25) is 0 Å². The minimum Gasteiger partial charge on any atom is -0.465 e. The molecule has 0 atom stereocenters. The number of nitrogens with zero attached hydrogens (tertiary/aromatic N) is 3. The van der Waals surface area contributed by atoms with Crippen LogP contribution in [0.5, 0.6) is 0 Å². The molecular weight excluding hydrogens is 382 g/mol. The van der Waals surface area contributed by atoms with Gasteiger partial charge in [0.25, 0.3) is 6.01 Å². The second-order valence-electron chi connectivity index (χ2n) is 7.61. The number of para-hydroxylation sites is 2. The van der Waals surface area contributed by atoms with E-state index < -0.39 is 0 Å². The molecule has 2 aromatic carbocycles. The first-order valence-corrected chi connectivity index (χ1v) is 10.1. The van der Waals surface area contributed by atoms with Crippen molar-refractivity contribution in [3.63, 3.8) is 0 Å². The maximum Gasteiger partial charge on any atom is 0.337 e.